The van der Waals surface area contributed by atoms with E-state index in [0.717, 1.165) is 24.9 Å². The van der Waals surface area contributed by atoms with E-state index in [1.54, 1.807) is 13.2 Å². The van der Waals surface area contributed by atoms with Crippen molar-refractivity contribution in [2.75, 3.05) is 13.7 Å². The molecular formula is C16H23NO3. The Balaban J connectivity index is 1.88. The topological polar surface area (TPSA) is 52.9 Å². The van der Waals surface area contributed by atoms with Crippen LogP contribution in [-0.2, 0) is 0 Å². The number of fused-ring (bicyclic) bond motifs is 1. The molecule has 2 aliphatic rings. The Bertz CT molecular complexity index is 477. The summed E-state index contributed by atoms with van der Waals surface area (Å²) in [5, 5.41) is 20.1. The predicted octanol–water partition coefficient (Wildman–Crippen LogP) is 2.45. The quantitative estimate of drug-likeness (QED) is 0.872. The number of nitrogens with zero attached hydrogens (tertiary/aromatic N) is 1. The molecule has 4 nitrogen and oxygen atoms in total. The maximum absolute atomic E-state index is 10.1. The average molecular weight is 277 g/mol. The van der Waals surface area contributed by atoms with Gasteiger partial charge in [0.25, 0.3) is 0 Å². The van der Waals surface area contributed by atoms with E-state index in [0.29, 0.717) is 11.8 Å². The first-order valence-electron chi connectivity index (χ1n) is 7.49. The third-order valence-corrected chi connectivity index (χ3v) is 4.70. The Morgan fingerprint density at radius 1 is 1.25 bits per heavy atom. The molecule has 4 heteroatoms. The Morgan fingerprint density at radius 3 is 2.85 bits per heavy atom. The Morgan fingerprint density at radius 2 is 2.10 bits per heavy atom. The predicted molar refractivity (Wildman–Crippen MR) is 77.0 cm³/mol. The van der Waals surface area contributed by atoms with Gasteiger partial charge in [-0.05, 0) is 49.9 Å². The van der Waals surface area contributed by atoms with Crippen molar-refractivity contribution in [1.82, 2.24) is 4.90 Å². The first kappa shape index (κ1) is 13.7. The molecule has 3 atom stereocenters. The van der Waals surface area contributed by atoms with Crippen molar-refractivity contribution in [2.24, 2.45) is 0 Å². The molecule has 0 amide bonds. The second-order valence-corrected chi connectivity index (χ2v) is 5.96. The molecule has 0 spiro atoms. The highest BCUT2D eigenvalue weighted by Gasteiger charge is 2.37. The zero-order valence-corrected chi connectivity index (χ0v) is 12.0. The van der Waals surface area contributed by atoms with Crippen LogP contribution in [0.25, 0.3) is 0 Å². The normalized spacial score (nSPS) is 30.8. The average Bonchev–Trinajstić information content (AvgIpc) is 2.46. The van der Waals surface area contributed by atoms with Crippen molar-refractivity contribution in [3.63, 3.8) is 0 Å². The van der Waals surface area contributed by atoms with Crippen LogP contribution in [0.4, 0.5) is 0 Å². The first-order valence-corrected chi connectivity index (χ1v) is 7.49. The minimum atomic E-state index is -0.233. The van der Waals surface area contributed by atoms with Gasteiger partial charge in [-0.3, -0.25) is 4.90 Å². The summed E-state index contributed by atoms with van der Waals surface area (Å²) in [6.07, 6.45) is 5.07. The molecule has 2 N–H and O–H groups in total. The molecule has 2 aliphatic heterocycles. The number of piperidine rings is 2. The number of rotatable bonds is 2. The van der Waals surface area contributed by atoms with Gasteiger partial charge >= 0.3 is 0 Å². The second-order valence-electron chi connectivity index (χ2n) is 5.96. The first-order chi connectivity index (χ1) is 9.69. The number of benzene rings is 1. The summed E-state index contributed by atoms with van der Waals surface area (Å²) in [7, 11) is 1.56. The lowest BCUT2D eigenvalue weighted by atomic mass is 9.84. The van der Waals surface area contributed by atoms with E-state index in [-0.39, 0.29) is 17.9 Å². The number of ether oxygens (including phenoxy) is 1. The minimum Gasteiger partial charge on any atom is -0.504 e. The lowest BCUT2D eigenvalue weighted by molar-refractivity contribution is -0.0180. The zero-order valence-electron chi connectivity index (χ0n) is 12.0. The van der Waals surface area contributed by atoms with Crippen molar-refractivity contribution in [1.29, 1.82) is 0 Å². The number of aliphatic hydroxyl groups is 1. The Labute approximate surface area is 120 Å². The van der Waals surface area contributed by atoms with E-state index in [9.17, 15) is 10.2 Å². The summed E-state index contributed by atoms with van der Waals surface area (Å²) in [6.45, 7) is 1.09. The van der Waals surface area contributed by atoms with Gasteiger partial charge in [0.05, 0.1) is 13.2 Å². The monoisotopic (exact) mass is 277 g/mol. The maximum Gasteiger partial charge on any atom is 0.160 e. The van der Waals surface area contributed by atoms with Crippen LogP contribution in [0.15, 0.2) is 18.2 Å². The summed E-state index contributed by atoms with van der Waals surface area (Å²) in [4.78, 5) is 2.51. The summed E-state index contributed by atoms with van der Waals surface area (Å²) in [5.41, 5.74) is 1.08. The molecule has 110 valence electrons. The molecule has 0 saturated carbocycles. The zero-order chi connectivity index (χ0) is 14.1. The number of aromatic hydroxyl groups is 1. The van der Waals surface area contributed by atoms with Crippen molar-refractivity contribution in [3.05, 3.63) is 23.8 Å². The van der Waals surface area contributed by atoms with Crippen LogP contribution in [0.1, 0.15) is 43.7 Å². The van der Waals surface area contributed by atoms with Gasteiger partial charge in [0.1, 0.15) is 0 Å². The molecule has 2 heterocycles. The molecule has 0 aliphatic carbocycles. The highest BCUT2D eigenvalue weighted by Crippen LogP contribution is 2.40. The highest BCUT2D eigenvalue weighted by atomic mass is 16.5. The molecule has 20 heavy (non-hydrogen) atoms. The van der Waals surface area contributed by atoms with Crippen LogP contribution in [0.2, 0.25) is 0 Å². The minimum absolute atomic E-state index is 0.179. The van der Waals surface area contributed by atoms with E-state index in [2.05, 4.69) is 4.90 Å². The molecule has 1 aromatic carbocycles. The van der Waals surface area contributed by atoms with Crippen molar-refractivity contribution in [3.8, 4) is 11.5 Å². The van der Waals surface area contributed by atoms with E-state index >= 15 is 0 Å². The number of aliphatic hydroxyl groups excluding tert-OH is 1. The van der Waals surface area contributed by atoms with Crippen LogP contribution in [0.5, 0.6) is 11.5 Å². The van der Waals surface area contributed by atoms with Gasteiger partial charge in [-0.1, -0.05) is 12.5 Å². The molecule has 2 fully saturated rings. The van der Waals surface area contributed by atoms with Crippen LogP contribution in [0.3, 0.4) is 0 Å². The van der Waals surface area contributed by atoms with Gasteiger partial charge < -0.3 is 14.9 Å². The molecule has 0 aromatic heterocycles. The maximum atomic E-state index is 10.1. The molecule has 1 aromatic rings. The number of hydrogen-bond donors (Lipinski definition) is 2. The number of phenolic OH excluding ortho intramolecular Hbond substituents is 1. The molecule has 3 rings (SSSR count). The van der Waals surface area contributed by atoms with Crippen LogP contribution >= 0.6 is 0 Å². The highest BCUT2D eigenvalue weighted by molar-refractivity contribution is 5.42. The van der Waals surface area contributed by atoms with Gasteiger partial charge in [0, 0.05) is 12.1 Å². The van der Waals surface area contributed by atoms with Gasteiger partial charge in [0.15, 0.2) is 11.5 Å². The smallest absolute Gasteiger partial charge is 0.160 e. The largest absolute Gasteiger partial charge is 0.504 e. The van der Waals surface area contributed by atoms with E-state index in [1.807, 2.05) is 12.1 Å². The fourth-order valence-electron chi connectivity index (χ4n) is 3.73. The van der Waals surface area contributed by atoms with Crippen LogP contribution in [0, 0.1) is 0 Å². The summed E-state index contributed by atoms with van der Waals surface area (Å²) in [5.74, 6) is 0.680. The molecule has 2 saturated heterocycles. The molecule has 0 unspecified atom stereocenters. The fraction of sp³-hybridized carbons (Fsp3) is 0.625. The van der Waals surface area contributed by atoms with Gasteiger partial charge in [-0.2, -0.15) is 0 Å². The number of hydrogen-bond acceptors (Lipinski definition) is 4. The standard InChI is InChI=1S/C16H23NO3/c1-20-16-6-5-11(8-15(16)19)14-10-13(18)9-12-4-2-3-7-17(12)14/h5-6,8,12-14,18-19H,2-4,7,9-10H2,1H3/t12-,13+,14+/m1/s1. The van der Waals surface area contributed by atoms with Crippen molar-refractivity contribution in [2.45, 2.75) is 50.3 Å². The Kier molecular flexibility index (Phi) is 3.85. The summed E-state index contributed by atoms with van der Waals surface area (Å²) < 4.78 is 5.10. The third-order valence-electron chi connectivity index (χ3n) is 4.70. The molecule has 0 bridgehead atoms. The van der Waals surface area contributed by atoms with Gasteiger partial charge in [-0.25, -0.2) is 0 Å². The lowest BCUT2D eigenvalue weighted by Crippen LogP contribution is -2.48. The lowest BCUT2D eigenvalue weighted by Gasteiger charge is -2.47. The van der Waals surface area contributed by atoms with Gasteiger partial charge in [0.2, 0.25) is 0 Å². The van der Waals surface area contributed by atoms with Crippen LogP contribution < -0.4 is 4.74 Å². The van der Waals surface area contributed by atoms with E-state index < -0.39 is 0 Å². The molecule has 0 radical (unpaired) electrons. The van der Waals surface area contributed by atoms with Crippen molar-refractivity contribution < 1.29 is 14.9 Å². The number of phenols is 1. The van der Waals surface area contributed by atoms with E-state index in [4.69, 9.17) is 4.74 Å². The van der Waals surface area contributed by atoms with Crippen LogP contribution in [-0.4, -0.2) is 40.9 Å². The second kappa shape index (κ2) is 5.62. The Hall–Kier alpha value is -1.26. The summed E-state index contributed by atoms with van der Waals surface area (Å²) >= 11 is 0. The number of methoxy groups -OCH3 is 1. The SMILES string of the molecule is COc1ccc([C@@H]2C[C@@H](O)C[C@H]3CCCCN32)cc1O. The third kappa shape index (κ3) is 2.50. The molecular weight excluding hydrogens is 254 g/mol. The fourth-order valence-corrected chi connectivity index (χ4v) is 3.73. The van der Waals surface area contributed by atoms with Gasteiger partial charge in [-0.15, -0.1) is 0 Å². The summed E-state index contributed by atoms with van der Waals surface area (Å²) in [6, 6.07) is 6.30. The van der Waals surface area contributed by atoms with E-state index in [1.165, 1.54) is 19.3 Å². The van der Waals surface area contributed by atoms with Crippen molar-refractivity contribution >= 4 is 0 Å².